The molecular formula is C13H14N4O3. The number of carbonyl (C=O) groups excluding carboxylic acids is 1. The molecule has 1 aliphatic heterocycles. The summed E-state index contributed by atoms with van der Waals surface area (Å²) in [5.41, 5.74) is -0.474. The lowest BCUT2D eigenvalue weighted by Gasteiger charge is -2.12. The molecule has 1 amide bonds. The Balaban J connectivity index is 2.03. The van der Waals surface area contributed by atoms with Gasteiger partial charge in [-0.05, 0) is 31.5 Å². The molecule has 1 aromatic carbocycles. The van der Waals surface area contributed by atoms with E-state index in [1.54, 1.807) is 18.2 Å². The molecule has 2 aromatic rings. The molecule has 0 bridgehead atoms. The Morgan fingerprint density at radius 3 is 2.75 bits per heavy atom. The smallest absolute Gasteiger partial charge is 0.272 e. The van der Waals surface area contributed by atoms with Gasteiger partial charge in [-0.2, -0.15) is 0 Å². The number of nitrogens with one attached hydrogen (secondary N) is 4. The van der Waals surface area contributed by atoms with Gasteiger partial charge in [0, 0.05) is 0 Å². The zero-order valence-corrected chi connectivity index (χ0v) is 10.7. The van der Waals surface area contributed by atoms with Crippen LogP contribution in [-0.2, 0) is 4.79 Å². The van der Waals surface area contributed by atoms with E-state index in [4.69, 9.17) is 0 Å². The summed E-state index contributed by atoms with van der Waals surface area (Å²) in [7, 11) is 0. The molecular weight excluding hydrogens is 260 g/mol. The fourth-order valence-corrected chi connectivity index (χ4v) is 2.46. The molecule has 0 radical (unpaired) electrons. The monoisotopic (exact) mass is 274 g/mol. The first-order valence-electron chi connectivity index (χ1n) is 6.45. The van der Waals surface area contributed by atoms with Crippen molar-refractivity contribution in [2.45, 2.75) is 18.9 Å². The molecule has 0 aliphatic carbocycles. The Bertz CT molecular complexity index is 771. The van der Waals surface area contributed by atoms with Crippen molar-refractivity contribution in [1.82, 2.24) is 15.5 Å². The second-order valence-corrected chi connectivity index (χ2v) is 4.77. The minimum atomic E-state index is -0.435. The highest BCUT2D eigenvalue weighted by molar-refractivity contribution is 6.03. The Morgan fingerprint density at radius 1 is 1.20 bits per heavy atom. The van der Waals surface area contributed by atoms with Crippen LogP contribution in [0.4, 0.5) is 5.69 Å². The van der Waals surface area contributed by atoms with Crippen molar-refractivity contribution in [3.63, 3.8) is 0 Å². The third-order valence-corrected chi connectivity index (χ3v) is 3.46. The van der Waals surface area contributed by atoms with E-state index in [1.807, 2.05) is 0 Å². The van der Waals surface area contributed by atoms with Gasteiger partial charge in [-0.1, -0.05) is 6.07 Å². The molecule has 0 unspecified atom stereocenters. The molecule has 2 heterocycles. The average molecular weight is 274 g/mol. The van der Waals surface area contributed by atoms with Gasteiger partial charge in [0.1, 0.15) is 0 Å². The van der Waals surface area contributed by atoms with Crippen molar-refractivity contribution < 1.29 is 4.79 Å². The summed E-state index contributed by atoms with van der Waals surface area (Å²) in [4.78, 5) is 35.6. The lowest BCUT2D eigenvalue weighted by Crippen LogP contribution is -2.36. The first-order chi connectivity index (χ1) is 9.66. The van der Waals surface area contributed by atoms with E-state index in [2.05, 4.69) is 20.8 Å². The van der Waals surface area contributed by atoms with Crippen LogP contribution in [0.3, 0.4) is 0 Å². The molecule has 0 saturated carbocycles. The fraction of sp³-hybridized carbons (Fsp3) is 0.308. The minimum absolute atomic E-state index is 0.185. The number of hydrogen-bond donors (Lipinski definition) is 4. The minimum Gasteiger partial charge on any atom is -0.324 e. The lowest BCUT2D eigenvalue weighted by molar-refractivity contribution is -0.117. The van der Waals surface area contributed by atoms with Crippen LogP contribution < -0.4 is 21.8 Å². The number of anilines is 1. The quantitative estimate of drug-likeness (QED) is 0.613. The Morgan fingerprint density at radius 2 is 2.00 bits per heavy atom. The second-order valence-electron chi connectivity index (χ2n) is 4.77. The van der Waals surface area contributed by atoms with E-state index >= 15 is 0 Å². The van der Waals surface area contributed by atoms with Crippen molar-refractivity contribution in [2.24, 2.45) is 0 Å². The highest BCUT2D eigenvalue weighted by Gasteiger charge is 2.22. The summed E-state index contributed by atoms with van der Waals surface area (Å²) in [5.74, 6) is -0.185. The van der Waals surface area contributed by atoms with Crippen LogP contribution in [0.2, 0.25) is 0 Å². The van der Waals surface area contributed by atoms with Gasteiger partial charge >= 0.3 is 0 Å². The van der Waals surface area contributed by atoms with Crippen molar-refractivity contribution in [3.8, 4) is 0 Å². The molecule has 1 aromatic heterocycles. The number of hydrogen-bond acceptors (Lipinski definition) is 4. The van der Waals surface area contributed by atoms with E-state index in [9.17, 15) is 14.4 Å². The van der Waals surface area contributed by atoms with Crippen LogP contribution in [0.5, 0.6) is 0 Å². The van der Waals surface area contributed by atoms with Crippen LogP contribution in [0, 0.1) is 0 Å². The van der Waals surface area contributed by atoms with E-state index in [1.165, 1.54) is 0 Å². The molecule has 1 atom stereocenters. The molecule has 7 nitrogen and oxygen atoms in total. The normalized spacial score (nSPS) is 18.3. The number of aromatic nitrogens is 2. The Hall–Kier alpha value is -2.41. The maximum Gasteiger partial charge on any atom is 0.272 e. The molecule has 104 valence electrons. The van der Waals surface area contributed by atoms with Crippen molar-refractivity contribution in [2.75, 3.05) is 11.9 Å². The highest BCUT2D eigenvalue weighted by Crippen LogP contribution is 2.18. The highest BCUT2D eigenvalue weighted by atomic mass is 16.2. The Labute approximate surface area is 113 Å². The zero-order chi connectivity index (χ0) is 14.1. The Kier molecular flexibility index (Phi) is 3.11. The van der Waals surface area contributed by atoms with Crippen molar-refractivity contribution in [1.29, 1.82) is 0 Å². The number of fused-ring (bicyclic) bond motifs is 1. The molecule has 1 aliphatic rings. The van der Waals surface area contributed by atoms with Gasteiger partial charge in [0.05, 0.1) is 22.5 Å². The van der Waals surface area contributed by atoms with Crippen LogP contribution in [0.25, 0.3) is 10.8 Å². The molecule has 7 heteroatoms. The van der Waals surface area contributed by atoms with E-state index < -0.39 is 11.1 Å². The summed E-state index contributed by atoms with van der Waals surface area (Å²) in [5, 5.41) is 10.8. The number of amides is 1. The third kappa shape index (κ3) is 2.12. The number of aromatic amines is 2. The summed E-state index contributed by atoms with van der Waals surface area (Å²) >= 11 is 0. The molecule has 3 rings (SSSR count). The van der Waals surface area contributed by atoms with Gasteiger partial charge in [-0.25, -0.2) is 0 Å². The molecule has 20 heavy (non-hydrogen) atoms. The molecule has 0 spiro atoms. The largest absolute Gasteiger partial charge is 0.324 e. The molecule has 4 N–H and O–H groups in total. The fourth-order valence-electron chi connectivity index (χ4n) is 2.46. The topological polar surface area (TPSA) is 107 Å². The number of carbonyl (C=O) groups is 1. The SMILES string of the molecule is O=C(Nc1cccc2c(=O)[nH][nH]c(=O)c12)[C@H]1CCCN1. The summed E-state index contributed by atoms with van der Waals surface area (Å²) in [6, 6.07) is 4.55. The van der Waals surface area contributed by atoms with Gasteiger partial charge in [-0.3, -0.25) is 24.6 Å². The van der Waals surface area contributed by atoms with Gasteiger partial charge < -0.3 is 10.6 Å². The van der Waals surface area contributed by atoms with Crippen LogP contribution in [-0.4, -0.2) is 28.7 Å². The average Bonchev–Trinajstić information content (AvgIpc) is 2.97. The summed E-state index contributed by atoms with van der Waals surface area (Å²) in [6.45, 7) is 0.813. The predicted octanol–water partition coefficient (Wildman–Crippen LogP) is -0.0931. The predicted molar refractivity (Wildman–Crippen MR) is 74.8 cm³/mol. The summed E-state index contributed by atoms with van der Waals surface area (Å²) < 4.78 is 0. The van der Waals surface area contributed by atoms with Gasteiger partial charge in [0.15, 0.2) is 0 Å². The third-order valence-electron chi connectivity index (χ3n) is 3.46. The zero-order valence-electron chi connectivity index (χ0n) is 10.7. The standard InChI is InChI=1S/C13H14N4O3/c18-11-7-3-1-4-8(10(7)13(20)17-16-11)15-12(19)9-5-2-6-14-9/h1,3-4,9,14H,2,5-6H2,(H,15,19)(H,16,18)(H,17,20)/t9-/m1/s1. The van der Waals surface area contributed by atoms with Crippen LogP contribution in [0.1, 0.15) is 12.8 Å². The van der Waals surface area contributed by atoms with Gasteiger partial charge in [0.2, 0.25) is 5.91 Å². The van der Waals surface area contributed by atoms with Crippen molar-refractivity contribution >= 4 is 22.4 Å². The van der Waals surface area contributed by atoms with E-state index in [0.717, 1.165) is 19.4 Å². The second kappa shape index (κ2) is 4.93. The first kappa shape index (κ1) is 12.6. The number of rotatable bonds is 2. The van der Waals surface area contributed by atoms with Gasteiger partial charge in [-0.15, -0.1) is 0 Å². The summed E-state index contributed by atoms with van der Waals surface area (Å²) in [6.07, 6.45) is 1.72. The number of H-pyrrole nitrogens is 2. The number of benzene rings is 1. The lowest BCUT2D eigenvalue weighted by atomic mass is 10.1. The van der Waals surface area contributed by atoms with E-state index in [0.29, 0.717) is 5.69 Å². The van der Waals surface area contributed by atoms with E-state index in [-0.39, 0.29) is 22.7 Å². The maximum atomic E-state index is 12.1. The molecule has 1 fully saturated rings. The van der Waals surface area contributed by atoms with Crippen LogP contribution >= 0.6 is 0 Å². The maximum absolute atomic E-state index is 12.1. The van der Waals surface area contributed by atoms with Crippen LogP contribution in [0.15, 0.2) is 27.8 Å². The molecule has 1 saturated heterocycles. The van der Waals surface area contributed by atoms with Crippen molar-refractivity contribution in [3.05, 3.63) is 38.9 Å². The first-order valence-corrected chi connectivity index (χ1v) is 6.45. The van der Waals surface area contributed by atoms with Gasteiger partial charge in [0.25, 0.3) is 11.1 Å².